The second-order valence-corrected chi connectivity index (χ2v) is 6.75. The molecule has 2 aliphatic heterocycles. The van der Waals surface area contributed by atoms with Crippen LogP contribution in [0.3, 0.4) is 0 Å². The summed E-state index contributed by atoms with van der Waals surface area (Å²) in [5.74, 6) is 0. The molecule has 0 radical (unpaired) electrons. The van der Waals surface area contributed by atoms with Gasteiger partial charge in [-0.25, -0.2) is 0 Å². The number of hydrogen-bond donors (Lipinski definition) is 1. The van der Waals surface area contributed by atoms with E-state index in [2.05, 4.69) is 51.4 Å². The van der Waals surface area contributed by atoms with Crippen LogP contribution in [0.2, 0.25) is 5.02 Å². The summed E-state index contributed by atoms with van der Waals surface area (Å²) in [5, 5.41) is 5.44. The Kier molecular flexibility index (Phi) is 3.45. The Balaban J connectivity index is 1.87. The molecule has 0 spiro atoms. The van der Waals surface area contributed by atoms with Crippen molar-refractivity contribution in [1.82, 2.24) is 14.8 Å². The van der Waals surface area contributed by atoms with Gasteiger partial charge in [0.1, 0.15) is 0 Å². The van der Waals surface area contributed by atoms with Gasteiger partial charge in [0.05, 0.1) is 10.7 Å². The van der Waals surface area contributed by atoms with Crippen LogP contribution in [0.5, 0.6) is 0 Å². The number of aromatic nitrogens is 1. The molecular weight excluding hydrogens is 302 g/mol. The number of benzene rings is 1. The quantitative estimate of drug-likeness (QED) is 0.869. The highest BCUT2D eigenvalue weighted by atomic mass is 35.5. The van der Waals surface area contributed by atoms with Crippen molar-refractivity contribution in [3.63, 3.8) is 0 Å². The summed E-state index contributed by atoms with van der Waals surface area (Å²) < 4.78 is 2.20. The third-order valence-electron chi connectivity index (χ3n) is 3.89. The Bertz CT molecular complexity index is 701. The highest BCUT2D eigenvalue weighted by molar-refractivity contribution is 7.99. The van der Waals surface area contributed by atoms with Crippen LogP contribution >= 0.6 is 23.4 Å². The molecule has 1 saturated heterocycles. The molecule has 1 N–H and O–H groups in total. The lowest BCUT2D eigenvalue weighted by Crippen LogP contribution is -2.42. The second-order valence-electron chi connectivity index (χ2n) is 5.25. The fraction of sp³-hybridized carbons (Fsp3) is 0.250. The van der Waals surface area contributed by atoms with Crippen LogP contribution in [0.15, 0.2) is 46.5 Å². The molecule has 5 heteroatoms. The summed E-state index contributed by atoms with van der Waals surface area (Å²) in [4.78, 5) is 3.71. The van der Waals surface area contributed by atoms with E-state index in [-0.39, 0.29) is 0 Å². The Morgan fingerprint density at radius 3 is 2.86 bits per heavy atom. The fourth-order valence-electron chi connectivity index (χ4n) is 2.83. The van der Waals surface area contributed by atoms with Crippen molar-refractivity contribution in [3.8, 4) is 0 Å². The first kappa shape index (κ1) is 13.3. The molecule has 1 aromatic heterocycles. The molecule has 108 valence electrons. The van der Waals surface area contributed by atoms with Crippen molar-refractivity contribution in [2.45, 2.75) is 9.92 Å². The first-order valence-corrected chi connectivity index (χ1v) is 8.33. The van der Waals surface area contributed by atoms with E-state index >= 15 is 0 Å². The van der Waals surface area contributed by atoms with E-state index in [9.17, 15) is 0 Å². The van der Waals surface area contributed by atoms with Gasteiger partial charge in [0.25, 0.3) is 0 Å². The van der Waals surface area contributed by atoms with Gasteiger partial charge >= 0.3 is 0 Å². The number of rotatable bonds is 1. The molecule has 0 bridgehead atoms. The first-order chi connectivity index (χ1) is 10.3. The van der Waals surface area contributed by atoms with Gasteiger partial charge in [-0.15, -0.1) is 0 Å². The maximum atomic E-state index is 6.25. The number of hydrogen-bond acceptors (Lipinski definition) is 3. The van der Waals surface area contributed by atoms with Gasteiger partial charge < -0.3 is 14.8 Å². The number of nitrogens with zero attached hydrogens (tertiary/aromatic N) is 2. The van der Waals surface area contributed by atoms with Crippen molar-refractivity contribution >= 4 is 35.3 Å². The molecule has 0 amide bonds. The van der Waals surface area contributed by atoms with E-state index in [0.717, 1.165) is 31.2 Å². The van der Waals surface area contributed by atoms with Gasteiger partial charge in [-0.05, 0) is 30.3 Å². The molecule has 0 unspecified atom stereocenters. The van der Waals surface area contributed by atoms with E-state index < -0.39 is 0 Å². The summed E-state index contributed by atoms with van der Waals surface area (Å²) in [6.45, 7) is 4.11. The van der Waals surface area contributed by atoms with Crippen molar-refractivity contribution in [3.05, 3.63) is 47.1 Å². The predicted octanol–water partition coefficient (Wildman–Crippen LogP) is 3.47. The van der Waals surface area contributed by atoms with E-state index in [0.29, 0.717) is 0 Å². The molecule has 0 atom stereocenters. The van der Waals surface area contributed by atoms with Crippen molar-refractivity contribution in [2.24, 2.45) is 0 Å². The molecule has 4 rings (SSSR count). The van der Waals surface area contributed by atoms with E-state index in [1.165, 1.54) is 21.2 Å². The number of nitrogens with one attached hydrogen (secondary N) is 1. The Labute approximate surface area is 133 Å². The SMILES string of the molecule is Clc1ccc2c(c1)C(N1CCNCC1)=Cn1cccc1S2. The summed E-state index contributed by atoms with van der Waals surface area (Å²) in [7, 11) is 0. The van der Waals surface area contributed by atoms with Crippen LogP contribution in [0.25, 0.3) is 11.9 Å². The van der Waals surface area contributed by atoms with Gasteiger partial charge in [0, 0.05) is 54.1 Å². The van der Waals surface area contributed by atoms with Gasteiger partial charge in [-0.2, -0.15) is 0 Å². The summed E-state index contributed by atoms with van der Waals surface area (Å²) in [6, 6.07) is 10.4. The zero-order valence-electron chi connectivity index (χ0n) is 11.6. The molecule has 2 aliphatic rings. The lowest BCUT2D eigenvalue weighted by Gasteiger charge is -2.32. The lowest BCUT2D eigenvalue weighted by molar-refractivity contribution is 0.341. The lowest BCUT2D eigenvalue weighted by atomic mass is 10.1. The van der Waals surface area contributed by atoms with Gasteiger partial charge in [0.2, 0.25) is 0 Å². The predicted molar refractivity (Wildman–Crippen MR) is 88.6 cm³/mol. The third-order valence-corrected chi connectivity index (χ3v) is 5.26. The molecule has 3 heterocycles. The van der Waals surface area contributed by atoms with Gasteiger partial charge in [-0.1, -0.05) is 23.4 Å². The summed E-state index contributed by atoms with van der Waals surface area (Å²) in [5.41, 5.74) is 2.49. The summed E-state index contributed by atoms with van der Waals surface area (Å²) >= 11 is 8.04. The number of halogens is 1. The molecule has 1 fully saturated rings. The minimum atomic E-state index is 0.793. The van der Waals surface area contributed by atoms with E-state index in [1.807, 2.05) is 6.07 Å². The van der Waals surface area contributed by atoms with Crippen molar-refractivity contribution in [2.75, 3.05) is 26.2 Å². The van der Waals surface area contributed by atoms with Crippen molar-refractivity contribution < 1.29 is 0 Å². The maximum Gasteiger partial charge on any atom is 0.0838 e. The highest BCUT2D eigenvalue weighted by Crippen LogP contribution is 2.40. The summed E-state index contributed by atoms with van der Waals surface area (Å²) in [6.07, 6.45) is 4.34. The van der Waals surface area contributed by atoms with Crippen LogP contribution in [0.1, 0.15) is 5.56 Å². The van der Waals surface area contributed by atoms with Gasteiger partial charge in [-0.3, -0.25) is 0 Å². The smallest absolute Gasteiger partial charge is 0.0838 e. The van der Waals surface area contributed by atoms with Crippen LogP contribution in [-0.2, 0) is 0 Å². The van der Waals surface area contributed by atoms with Crippen molar-refractivity contribution in [1.29, 1.82) is 0 Å². The van der Waals surface area contributed by atoms with Crippen LogP contribution in [0, 0.1) is 0 Å². The topological polar surface area (TPSA) is 20.2 Å². The Hall–Kier alpha value is -1.36. The molecule has 1 aromatic carbocycles. The molecule has 0 aliphatic carbocycles. The first-order valence-electron chi connectivity index (χ1n) is 7.13. The zero-order chi connectivity index (χ0) is 14.2. The fourth-order valence-corrected chi connectivity index (χ4v) is 4.01. The minimum Gasteiger partial charge on any atom is -0.367 e. The monoisotopic (exact) mass is 317 g/mol. The van der Waals surface area contributed by atoms with E-state index in [1.54, 1.807) is 11.8 Å². The molecule has 0 saturated carbocycles. The van der Waals surface area contributed by atoms with Gasteiger partial charge in [0.15, 0.2) is 0 Å². The van der Waals surface area contributed by atoms with E-state index in [4.69, 9.17) is 11.6 Å². The maximum absolute atomic E-state index is 6.25. The highest BCUT2D eigenvalue weighted by Gasteiger charge is 2.21. The normalized spacial score (nSPS) is 17.8. The number of piperazine rings is 1. The Morgan fingerprint density at radius 1 is 1.14 bits per heavy atom. The molecule has 2 aromatic rings. The largest absolute Gasteiger partial charge is 0.367 e. The average Bonchev–Trinajstić information content (AvgIpc) is 2.89. The second kappa shape index (κ2) is 5.44. The van der Waals surface area contributed by atoms with Crippen LogP contribution < -0.4 is 5.32 Å². The minimum absolute atomic E-state index is 0.793. The van der Waals surface area contributed by atoms with Crippen LogP contribution in [0.4, 0.5) is 0 Å². The third kappa shape index (κ3) is 2.48. The average molecular weight is 318 g/mol. The standard InChI is InChI=1S/C16H16ClN3S/c17-12-3-4-15-13(10-12)14(19-8-5-18-6-9-19)11-20-7-1-2-16(20)21-15/h1-4,7,10-11,18H,5-6,8-9H2. The zero-order valence-corrected chi connectivity index (χ0v) is 13.1. The van der Waals surface area contributed by atoms with Crippen LogP contribution in [-0.4, -0.2) is 35.6 Å². The molecule has 21 heavy (non-hydrogen) atoms. The molecule has 3 nitrogen and oxygen atoms in total. The Morgan fingerprint density at radius 2 is 2.00 bits per heavy atom. The molecular formula is C16H16ClN3S. The number of fused-ring (bicyclic) bond motifs is 2.